The van der Waals surface area contributed by atoms with E-state index in [-0.39, 0.29) is 23.1 Å². The Morgan fingerprint density at radius 2 is 1.93 bits per heavy atom. The number of aromatic nitrogens is 1. The second-order valence-corrected chi connectivity index (χ2v) is 8.99. The summed E-state index contributed by atoms with van der Waals surface area (Å²) < 4.78 is 0. The Balaban J connectivity index is 1.29. The molecule has 2 N–H and O–H groups in total. The van der Waals surface area contributed by atoms with Gasteiger partial charge in [0.15, 0.2) is 0 Å². The molecule has 1 aromatic heterocycles. The van der Waals surface area contributed by atoms with Crippen molar-refractivity contribution in [1.29, 1.82) is 0 Å². The van der Waals surface area contributed by atoms with Crippen molar-refractivity contribution < 1.29 is 9.59 Å². The Hall–Kier alpha value is -3.08. The van der Waals surface area contributed by atoms with Gasteiger partial charge in [0.05, 0.1) is 5.92 Å². The number of fused-ring (bicyclic) bond motifs is 1. The largest absolute Gasteiger partial charge is 0.355 e. The average Bonchev–Trinajstić information content (AvgIpc) is 3.37. The summed E-state index contributed by atoms with van der Waals surface area (Å²) in [5.41, 5.74) is 3.77. The molecule has 5 rings (SSSR count). The van der Waals surface area contributed by atoms with Crippen LogP contribution in [-0.4, -0.2) is 34.8 Å². The van der Waals surface area contributed by atoms with Crippen molar-refractivity contribution in [2.75, 3.05) is 18.4 Å². The molecule has 5 heteroatoms. The molecule has 5 nitrogen and oxygen atoms in total. The highest BCUT2D eigenvalue weighted by Crippen LogP contribution is 2.47. The maximum atomic E-state index is 12.9. The van der Waals surface area contributed by atoms with Gasteiger partial charge in [-0.1, -0.05) is 37.3 Å². The Bertz CT molecular complexity index is 1080. The van der Waals surface area contributed by atoms with Crippen molar-refractivity contribution in [3.8, 4) is 11.3 Å². The van der Waals surface area contributed by atoms with Gasteiger partial charge in [-0.2, -0.15) is 0 Å². The number of nitrogens with one attached hydrogen (secondary N) is 2. The molecule has 2 aromatic carbocycles. The number of nitrogens with zero attached hydrogens (tertiary/aromatic N) is 1. The fourth-order valence-electron chi connectivity index (χ4n) is 4.40. The average molecular weight is 402 g/mol. The van der Waals surface area contributed by atoms with Crippen LogP contribution in [-0.2, 0) is 9.59 Å². The quantitative estimate of drug-likeness (QED) is 0.659. The summed E-state index contributed by atoms with van der Waals surface area (Å²) in [5, 5.41) is 4.24. The lowest BCUT2D eigenvalue weighted by atomic mass is 9.95. The smallest absolute Gasteiger partial charge is 0.229 e. The second kappa shape index (κ2) is 7.31. The summed E-state index contributed by atoms with van der Waals surface area (Å²) in [4.78, 5) is 30.9. The molecule has 0 radical (unpaired) electrons. The zero-order valence-corrected chi connectivity index (χ0v) is 17.3. The van der Waals surface area contributed by atoms with Gasteiger partial charge in [-0.15, -0.1) is 0 Å². The van der Waals surface area contributed by atoms with Crippen LogP contribution in [0.25, 0.3) is 22.2 Å². The number of rotatable bonds is 4. The maximum Gasteiger partial charge on any atom is 0.229 e. The lowest BCUT2D eigenvalue weighted by Gasteiger charge is -2.33. The Labute approximate surface area is 176 Å². The van der Waals surface area contributed by atoms with Gasteiger partial charge in [0.2, 0.25) is 11.8 Å². The van der Waals surface area contributed by atoms with E-state index in [9.17, 15) is 9.59 Å². The number of benzene rings is 2. The molecule has 2 amide bonds. The molecule has 1 saturated carbocycles. The minimum atomic E-state index is -0.174. The Kier molecular flexibility index (Phi) is 4.61. The van der Waals surface area contributed by atoms with Gasteiger partial charge in [0, 0.05) is 46.4 Å². The van der Waals surface area contributed by atoms with E-state index in [4.69, 9.17) is 0 Å². The predicted octanol–water partition coefficient (Wildman–Crippen LogP) is 4.81. The molecule has 1 aliphatic carbocycles. The van der Waals surface area contributed by atoms with Crippen LogP contribution in [0.4, 0.5) is 5.69 Å². The summed E-state index contributed by atoms with van der Waals surface area (Å²) in [6.07, 6.45) is 3.66. The molecule has 1 atom stereocenters. The lowest BCUT2D eigenvalue weighted by molar-refractivity contribution is -0.139. The highest BCUT2D eigenvalue weighted by Gasteiger charge is 2.48. The summed E-state index contributed by atoms with van der Waals surface area (Å²) in [7, 11) is 0. The summed E-state index contributed by atoms with van der Waals surface area (Å²) >= 11 is 0. The molecule has 2 aliphatic rings. The Morgan fingerprint density at radius 3 is 2.73 bits per heavy atom. The van der Waals surface area contributed by atoms with Crippen molar-refractivity contribution in [3.05, 3.63) is 54.6 Å². The molecular weight excluding hydrogens is 374 g/mol. The minimum Gasteiger partial charge on any atom is -0.355 e. The predicted molar refractivity (Wildman–Crippen MR) is 119 cm³/mol. The van der Waals surface area contributed by atoms with Crippen LogP contribution in [0.2, 0.25) is 0 Å². The fourth-order valence-corrected chi connectivity index (χ4v) is 4.40. The summed E-state index contributed by atoms with van der Waals surface area (Å²) in [6.45, 7) is 3.34. The molecule has 1 saturated heterocycles. The third-order valence-electron chi connectivity index (χ3n) is 6.57. The van der Waals surface area contributed by atoms with Crippen molar-refractivity contribution >= 4 is 28.4 Å². The first-order chi connectivity index (χ1) is 14.5. The van der Waals surface area contributed by atoms with Crippen LogP contribution in [0.1, 0.15) is 32.6 Å². The molecule has 0 bridgehead atoms. The van der Waals surface area contributed by atoms with Gasteiger partial charge in [-0.25, -0.2) is 0 Å². The first-order valence-electron chi connectivity index (χ1n) is 10.8. The molecule has 2 heterocycles. The van der Waals surface area contributed by atoms with Gasteiger partial charge in [-0.3, -0.25) is 9.59 Å². The van der Waals surface area contributed by atoms with Crippen molar-refractivity contribution in [2.45, 2.75) is 32.6 Å². The van der Waals surface area contributed by atoms with Crippen molar-refractivity contribution in [1.82, 2.24) is 9.88 Å². The number of amides is 2. The molecule has 0 spiro atoms. The first-order valence-corrected chi connectivity index (χ1v) is 10.8. The highest BCUT2D eigenvalue weighted by atomic mass is 16.2. The molecule has 154 valence electrons. The van der Waals surface area contributed by atoms with E-state index in [1.165, 1.54) is 5.39 Å². The van der Waals surface area contributed by atoms with E-state index in [1.807, 2.05) is 48.2 Å². The number of hydrogen-bond donors (Lipinski definition) is 2. The van der Waals surface area contributed by atoms with Crippen LogP contribution in [0.5, 0.6) is 0 Å². The van der Waals surface area contributed by atoms with Crippen molar-refractivity contribution in [3.63, 3.8) is 0 Å². The molecule has 1 aliphatic heterocycles. The van der Waals surface area contributed by atoms with Gasteiger partial charge in [0.25, 0.3) is 0 Å². The van der Waals surface area contributed by atoms with E-state index >= 15 is 0 Å². The Morgan fingerprint density at radius 1 is 1.10 bits per heavy atom. The van der Waals surface area contributed by atoms with Crippen LogP contribution in [0, 0.1) is 11.3 Å². The third-order valence-corrected chi connectivity index (χ3v) is 6.57. The van der Waals surface area contributed by atoms with Gasteiger partial charge in [0.1, 0.15) is 0 Å². The molecule has 1 unspecified atom stereocenters. The monoisotopic (exact) mass is 401 g/mol. The number of H-pyrrole nitrogens is 1. The van der Waals surface area contributed by atoms with Crippen molar-refractivity contribution in [2.24, 2.45) is 11.3 Å². The summed E-state index contributed by atoms with van der Waals surface area (Å²) in [5.74, 6) is 0.0739. The zero-order chi connectivity index (χ0) is 20.7. The number of carbonyl (C=O) groups is 2. The third kappa shape index (κ3) is 3.60. The topological polar surface area (TPSA) is 65.2 Å². The second-order valence-electron chi connectivity index (χ2n) is 8.99. The van der Waals surface area contributed by atoms with E-state index in [1.54, 1.807) is 0 Å². The van der Waals surface area contributed by atoms with Crippen LogP contribution in [0.15, 0.2) is 54.6 Å². The fraction of sp³-hybridized carbons (Fsp3) is 0.360. The van der Waals surface area contributed by atoms with E-state index in [0.717, 1.165) is 54.7 Å². The number of piperidine rings is 1. The van der Waals surface area contributed by atoms with Crippen LogP contribution in [0.3, 0.4) is 0 Å². The zero-order valence-electron chi connectivity index (χ0n) is 17.3. The molecular formula is C25H27N3O2. The van der Waals surface area contributed by atoms with Crippen LogP contribution >= 0.6 is 0 Å². The molecule has 30 heavy (non-hydrogen) atoms. The molecule has 2 fully saturated rings. The van der Waals surface area contributed by atoms with E-state index in [2.05, 4.69) is 28.5 Å². The van der Waals surface area contributed by atoms with Gasteiger partial charge in [-0.05, 0) is 49.9 Å². The van der Waals surface area contributed by atoms with E-state index in [0.29, 0.717) is 6.54 Å². The van der Waals surface area contributed by atoms with Crippen LogP contribution < -0.4 is 5.32 Å². The number of hydrogen-bond acceptors (Lipinski definition) is 2. The van der Waals surface area contributed by atoms with Gasteiger partial charge < -0.3 is 15.2 Å². The SMILES string of the molecule is CC1(C(=O)N2CCCC(C(=O)Nc3cccc(-c4cc5ccccc5[nH]4)c3)C2)CC1. The summed E-state index contributed by atoms with van der Waals surface area (Å²) in [6, 6.07) is 18.2. The van der Waals surface area contributed by atoms with E-state index < -0.39 is 0 Å². The maximum absolute atomic E-state index is 12.9. The standard InChI is InChI=1S/C25H27N3O2/c1-25(11-12-25)24(30)28-13-5-8-19(16-28)23(29)26-20-9-4-7-17(14-20)22-15-18-6-2-3-10-21(18)27-22/h2-4,6-7,9-10,14-15,19,27H,5,8,11-13,16H2,1H3,(H,26,29). The van der Waals surface area contributed by atoms with Gasteiger partial charge >= 0.3 is 0 Å². The highest BCUT2D eigenvalue weighted by molar-refractivity contribution is 5.94. The lowest BCUT2D eigenvalue weighted by Crippen LogP contribution is -2.46. The number of para-hydroxylation sites is 1. The number of anilines is 1. The minimum absolute atomic E-state index is 0.00208. The number of likely N-dealkylation sites (tertiary alicyclic amines) is 1. The number of carbonyl (C=O) groups excluding carboxylic acids is 2. The first kappa shape index (κ1) is 18.9. The molecule has 3 aromatic rings. The number of aromatic amines is 1. The normalized spacial score (nSPS) is 20.2.